The molecule has 12 heteroatoms. The minimum Gasteiger partial charge on any atom is -0.492 e. The molecule has 1 saturated heterocycles. The summed E-state index contributed by atoms with van der Waals surface area (Å²) in [6.45, 7) is 9.14. The highest BCUT2D eigenvalue weighted by Crippen LogP contribution is 2.37. The Hall–Kier alpha value is -4.29. The lowest BCUT2D eigenvalue weighted by Crippen LogP contribution is -2.18. The molecule has 1 fully saturated rings. The zero-order valence-corrected chi connectivity index (χ0v) is 26.9. The van der Waals surface area contributed by atoms with Gasteiger partial charge in [-0.25, -0.2) is 13.2 Å². The third kappa shape index (κ3) is 8.00. The number of ether oxygens (including phenoxy) is 2. The highest BCUT2D eigenvalue weighted by atomic mass is 32.2. The maximum Gasteiger partial charge on any atom is 0.352 e. The van der Waals surface area contributed by atoms with Crippen molar-refractivity contribution in [2.24, 2.45) is 7.05 Å². The number of fused-ring (bicyclic) bond motifs is 1. The summed E-state index contributed by atoms with van der Waals surface area (Å²) in [5, 5.41) is 10.2. The first-order chi connectivity index (χ1) is 20.7. The van der Waals surface area contributed by atoms with E-state index in [0.717, 1.165) is 48.1 Å². The fourth-order valence-corrected chi connectivity index (χ4v) is 5.71. The molecule has 0 unspecified atom stereocenters. The summed E-state index contributed by atoms with van der Waals surface area (Å²) >= 11 is 0. The Morgan fingerprint density at radius 3 is 2.43 bits per heavy atom. The number of hydrogen-bond acceptors (Lipinski definition) is 8. The summed E-state index contributed by atoms with van der Waals surface area (Å²) in [6.07, 6.45) is 5.34. The summed E-state index contributed by atoms with van der Waals surface area (Å²) in [7, 11) is -0.180. The number of sulfonamides is 1. The second-order valence-electron chi connectivity index (χ2n) is 11.9. The number of hydrogen-bond donors (Lipinski definition) is 3. The Morgan fingerprint density at radius 1 is 1.11 bits per heavy atom. The number of carboxylic acid groups (broad SMARTS) is 1. The number of aromatic carboxylic acids is 1. The van der Waals surface area contributed by atoms with Crippen LogP contribution in [0.2, 0.25) is 0 Å². The monoisotopic (exact) mass is 623 g/mol. The Kier molecular flexibility index (Phi) is 9.75. The van der Waals surface area contributed by atoms with Crippen molar-refractivity contribution in [3.63, 3.8) is 0 Å². The van der Waals surface area contributed by atoms with Crippen molar-refractivity contribution in [3.05, 3.63) is 71.7 Å². The summed E-state index contributed by atoms with van der Waals surface area (Å²) < 4.78 is 38.0. The van der Waals surface area contributed by atoms with Gasteiger partial charge in [-0.05, 0) is 67.2 Å². The zero-order valence-electron chi connectivity index (χ0n) is 26.0. The van der Waals surface area contributed by atoms with Crippen molar-refractivity contribution in [1.82, 2.24) is 14.5 Å². The number of anilines is 2. The van der Waals surface area contributed by atoms with E-state index in [9.17, 15) is 18.3 Å². The molecule has 0 saturated carbocycles. The first-order valence-corrected chi connectivity index (χ1v) is 16.2. The Morgan fingerprint density at radius 2 is 1.82 bits per heavy atom. The summed E-state index contributed by atoms with van der Waals surface area (Å²) in [6, 6.07) is 14.6. The number of nitrogens with zero attached hydrogens (tertiary/aromatic N) is 3. The maximum atomic E-state index is 11.4. The second-order valence-corrected chi connectivity index (χ2v) is 13.7. The lowest BCUT2D eigenvalue weighted by atomic mass is 9.86. The van der Waals surface area contributed by atoms with Crippen LogP contribution in [0.25, 0.3) is 10.9 Å². The van der Waals surface area contributed by atoms with E-state index >= 15 is 0 Å². The second kappa shape index (κ2) is 13.1. The van der Waals surface area contributed by atoms with Crippen LogP contribution in [0.1, 0.15) is 55.4 Å². The molecule has 0 aliphatic carbocycles. The number of rotatable bonds is 8. The summed E-state index contributed by atoms with van der Waals surface area (Å²) in [4.78, 5) is 18.2. The highest BCUT2D eigenvalue weighted by Gasteiger charge is 2.20. The van der Waals surface area contributed by atoms with Crippen LogP contribution in [0.15, 0.2) is 54.7 Å². The van der Waals surface area contributed by atoms with Crippen LogP contribution in [0.5, 0.6) is 17.2 Å². The standard InChI is InChI=1S/C20H21N3O3.C12H20N2O3S/c1-22-17(20(24)25)11-14-5-4-6-18(19(14)22)26-16-7-8-21-15(12-16)13-23-9-2-3-10-23;1-12(2,3)8-6-9(13)11(17-4)10(7-8)14-18(5,15)16/h4-8,11-12H,2-3,9-10,13H2,1H3,(H,24,25);6-7,14H,13H2,1-5H3. The third-order valence-corrected chi connectivity index (χ3v) is 7.91. The van der Waals surface area contributed by atoms with Gasteiger partial charge in [0.15, 0.2) is 11.5 Å². The van der Waals surface area contributed by atoms with E-state index in [1.54, 1.807) is 36.0 Å². The van der Waals surface area contributed by atoms with Crippen LogP contribution in [-0.4, -0.2) is 60.4 Å². The van der Waals surface area contributed by atoms with E-state index in [1.165, 1.54) is 20.0 Å². The lowest BCUT2D eigenvalue weighted by Gasteiger charge is -2.22. The molecule has 11 nitrogen and oxygen atoms in total. The van der Waals surface area contributed by atoms with Gasteiger partial charge in [-0.3, -0.25) is 14.6 Å². The molecule has 2 aromatic carbocycles. The van der Waals surface area contributed by atoms with Gasteiger partial charge in [0.1, 0.15) is 11.4 Å². The third-order valence-electron chi connectivity index (χ3n) is 7.32. The number of benzene rings is 2. The number of likely N-dealkylation sites (tertiary alicyclic amines) is 1. The van der Waals surface area contributed by atoms with E-state index < -0.39 is 16.0 Å². The summed E-state index contributed by atoms with van der Waals surface area (Å²) in [5.41, 5.74) is 9.46. The Bertz CT molecular complexity index is 1760. The molecule has 0 atom stereocenters. The van der Waals surface area contributed by atoms with Crippen LogP contribution in [0.4, 0.5) is 11.4 Å². The molecule has 5 rings (SSSR count). The van der Waals surface area contributed by atoms with E-state index in [0.29, 0.717) is 28.6 Å². The SMILES string of the molecule is COc1c(N)cc(C(C)(C)C)cc1NS(C)(=O)=O.Cn1c(C(=O)O)cc2cccc(Oc3ccnc(CN4CCCC4)c3)c21. The molecule has 0 spiro atoms. The molecule has 1 aliphatic heterocycles. The lowest BCUT2D eigenvalue weighted by molar-refractivity contribution is 0.0687. The predicted molar refractivity (Wildman–Crippen MR) is 173 cm³/mol. The van der Waals surface area contributed by atoms with Crippen LogP contribution < -0.4 is 19.9 Å². The number of nitrogens with one attached hydrogen (secondary N) is 1. The van der Waals surface area contributed by atoms with Gasteiger partial charge in [-0.15, -0.1) is 0 Å². The Labute approximate surface area is 258 Å². The number of para-hydroxylation sites is 1. The predicted octanol–water partition coefficient (Wildman–Crippen LogP) is 5.61. The van der Waals surface area contributed by atoms with Crippen molar-refractivity contribution < 1.29 is 27.8 Å². The fourth-order valence-electron chi connectivity index (χ4n) is 5.16. The van der Waals surface area contributed by atoms with Crippen molar-refractivity contribution >= 4 is 38.3 Å². The molecular weight excluding hydrogens is 582 g/mol. The molecule has 0 radical (unpaired) electrons. The first-order valence-electron chi connectivity index (χ1n) is 14.3. The van der Waals surface area contributed by atoms with Crippen LogP contribution >= 0.6 is 0 Å². The van der Waals surface area contributed by atoms with Gasteiger partial charge < -0.3 is 24.9 Å². The minimum absolute atomic E-state index is 0.131. The van der Waals surface area contributed by atoms with Crippen LogP contribution in [-0.2, 0) is 29.0 Å². The maximum absolute atomic E-state index is 11.4. The number of nitrogen functional groups attached to an aromatic ring is 1. The molecule has 4 aromatic rings. The first kappa shape index (κ1) is 32.6. The van der Waals surface area contributed by atoms with E-state index in [-0.39, 0.29) is 11.1 Å². The number of aryl methyl sites for hydroxylation is 1. The minimum atomic E-state index is -3.37. The molecule has 0 bridgehead atoms. The van der Waals surface area contributed by atoms with Gasteiger partial charge in [-0.1, -0.05) is 32.9 Å². The zero-order chi connectivity index (χ0) is 32.2. The smallest absolute Gasteiger partial charge is 0.352 e. The van der Waals surface area contributed by atoms with Gasteiger partial charge in [0.25, 0.3) is 0 Å². The van der Waals surface area contributed by atoms with Gasteiger partial charge in [0, 0.05) is 31.2 Å². The van der Waals surface area contributed by atoms with Gasteiger partial charge in [0.05, 0.1) is 36.0 Å². The largest absolute Gasteiger partial charge is 0.492 e. The number of carboxylic acids is 1. The molecule has 4 N–H and O–H groups in total. The molecule has 3 heterocycles. The topological polar surface area (TPSA) is 149 Å². The molecular formula is C32H41N5O6S. The van der Waals surface area contributed by atoms with Gasteiger partial charge in [0.2, 0.25) is 10.0 Å². The van der Waals surface area contributed by atoms with Gasteiger partial charge in [-0.2, -0.15) is 0 Å². The number of pyridine rings is 1. The number of methoxy groups -OCH3 is 1. The fraction of sp³-hybridized carbons (Fsp3) is 0.375. The van der Waals surface area contributed by atoms with E-state index in [2.05, 4.69) is 14.6 Å². The number of carbonyl (C=O) groups is 1. The number of aromatic nitrogens is 2. The molecule has 236 valence electrons. The van der Waals surface area contributed by atoms with Crippen LogP contribution in [0.3, 0.4) is 0 Å². The van der Waals surface area contributed by atoms with Crippen molar-refractivity contribution in [3.8, 4) is 17.2 Å². The van der Waals surface area contributed by atoms with Crippen molar-refractivity contribution in [1.29, 1.82) is 0 Å². The Balaban J connectivity index is 0.000000217. The van der Waals surface area contributed by atoms with E-state index in [4.69, 9.17) is 15.2 Å². The molecule has 1 aliphatic rings. The highest BCUT2D eigenvalue weighted by molar-refractivity contribution is 7.92. The van der Waals surface area contributed by atoms with Crippen molar-refractivity contribution in [2.45, 2.75) is 45.6 Å². The summed E-state index contributed by atoms with van der Waals surface area (Å²) in [5.74, 6) is 0.732. The van der Waals surface area contributed by atoms with Gasteiger partial charge >= 0.3 is 5.97 Å². The molecule has 2 aromatic heterocycles. The normalized spacial score (nSPS) is 13.8. The van der Waals surface area contributed by atoms with Crippen molar-refractivity contribution in [2.75, 3.05) is 36.9 Å². The van der Waals surface area contributed by atoms with E-state index in [1.807, 2.05) is 51.1 Å². The molecule has 44 heavy (non-hydrogen) atoms. The van der Waals surface area contributed by atoms with Crippen LogP contribution in [0, 0.1) is 0 Å². The molecule has 0 amide bonds. The average molecular weight is 624 g/mol. The quantitative estimate of drug-likeness (QED) is 0.213. The average Bonchev–Trinajstić information content (AvgIpc) is 3.56. The number of nitrogens with two attached hydrogens (primary N) is 1.